The minimum atomic E-state index is -1.07. The second-order valence-electron chi connectivity index (χ2n) is 6.60. The lowest BCUT2D eigenvalue weighted by Crippen LogP contribution is -2.46. The van der Waals surface area contributed by atoms with Crippen LogP contribution in [0.2, 0.25) is 0 Å². The largest absolute Gasteiger partial charge is 0.481 e. The zero-order chi connectivity index (χ0) is 20.1. The van der Waals surface area contributed by atoms with Gasteiger partial charge < -0.3 is 19.6 Å². The maximum Gasteiger partial charge on any atom is 0.339 e. The van der Waals surface area contributed by atoms with Crippen LogP contribution < -0.4 is 15.7 Å². The number of carboxylic acid groups (broad SMARTS) is 1. The van der Waals surface area contributed by atoms with Crippen LogP contribution in [0.25, 0.3) is 11.0 Å². The van der Waals surface area contributed by atoms with E-state index in [0.29, 0.717) is 29.7 Å². The number of fused-ring (bicyclic) bond motifs is 1. The number of hydrogen-bond donors (Lipinski definition) is 2. The van der Waals surface area contributed by atoms with E-state index in [4.69, 9.17) is 9.15 Å². The molecule has 0 aliphatic rings. The third-order valence-electron chi connectivity index (χ3n) is 4.57. The van der Waals surface area contributed by atoms with Crippen LogP contribution in [0, 0.1) is 13.8 Å². The van der Waals surface area contributed by atoms with Crippen molar-refractivity contribution in [2.45, 2.75) is 59.1 Å². The summed E-state index contributed by atoms with van der Waals surface area (Å²) in [4.78, 5) is 35.4. The van der Waals surface area contributed by atoms with Crippen molar-refractivity contribution in [3.05, 3.63) is 39.7 Å². The molecule has 1 heterocycles. The number of aliphatic carboxylic acids is 1. The summed E-state index contributed by atoms with van der Waals surface area (Å²) < 4.78 is 10.9. The molecule has 146 valence electrons. The molecule has 0 aliphatic heterocycles. The van der Waals surface area contributed by atoms with Gasteiger partial charge in [-0.2, -0.15) is 0 Å². The molecule has 27 heavy (non-hydrogen) atoms. The van der Waals surface area contributed by atoms with E-state index >= 15 is 0 Å². The first-order valence-corrected chi connectivity index (χ1v) is 8.98. The van der Waals surface area contributed by atoms with Gasteiger partial charge in [0.25, 0.3) is 5.91 Å². The number of unbranched alkanes of at least 4 members (excludes halogenated alkanes) is 1. The van der Waals surface area contributed by atoms with Crippen molar-refractivity contribution in [1.82, 2.24) is 5.32 Å². The molecule has 2 atom stereocenters. The highest BCUT2D eigenvalue weighted by Gasteiger charge is 2.23. The summed E-state index contributed by atoms with van der Waals surface area (Å²) in [6.45, 7) is 7.03. The summed E-state index contributed by atoms with van der Waals surface area (Å²) in [5, 5.41) is 12.5. The van der Waals surface area contributed by atoms with E-state index in [1.165, 1.54) is 6.92 Å². The quantitative estimate of drug-likeness (QED) is 0.687. The highest BCUT2D eigenvalue weighted by molar-refractivity contribution is 5.86. The van der Waals surface area contributed by atoms with Gasteiger partial charge in [0, 0.05) is 17.0 Å². The van der Waals surface area contributed by atoms with E-state index in [2.05, 4.69) is 5.32 Å². The highest BCUT2D eigenvalue weighted by Crippen LogP contribution is 2.24. The molecule has 0 radical (unpaired) electrons. The Balaban J connectivity index is 2.13. The van der Waals surface area contributed by atoms with Crippen LogP contribution in [-0.4, -0.2) is 29.1 Å². The molecule has 2 rings (SSSR count). The van der Waals surface area contributed by atoms with Gasteiger partial charge in [0.05, 0.1) is 0 Å². The predicted molar refractivity (Wildman–Crippen MR) is 101 cm³/mol. The molecule has 2 unspecified atom stereocenters. The molecule has 0 aliphatic carbocycles. The van der Waals surface area contributed by atoms with Gasteiger partial charge in [-0.3, -0.25) is 4.79 Å². The maximum absolute atomic E-state index is 12.3. The fourth-order valence-electron chi connectivity index (χ4n) is 2.71. The number of amides is 1. The summed E-state index contributed by atoms with van der Waals surface area (Å²) >= 11 is 0. The summed E-state index contributed by atoms with van der Waals surface area (Å²) in [5.41, 5.74) is 1.34. The Kier molecular flexibility index (Phi) is 6.60. The Morgan fingerprint density at radius 3 is 2.59 bits per heavy atom. The van der Waals surface area contributed by atoms with Crippen LogP contribution in [0.1, 0.15) is 44.2 Å². The Morgan fingerprint density at radius 1 is 1.26 bits per heavy atom. The molecule has 2 N–H and O–H groups in total. The third kappa shape index (κ3) is 4.87. The molecule has 0 saturated heterocycles. The summed E-state index contributed by atoms with van der Waals surface area (Å²) in [6, 6.07) is 4.06. The second kappa shape index (κ2) is 8.70. The van der Waals surface area contributed by atoms with Gasteiger partial charge in [0.1, 0.15) is 17.4 Å². The predicted octanol–water partition coefficient (Wildman–Crippen LogP) is 2.94. The monoisotopic (exact) mass is 375 g/mol. The Bertz CT molecular complexity index is 901. The van der Waals surface area contributed by atoms with Crippen LogP contribution in [0.15, 0.2) is 27.4 Å². The molecule has 0 bridgehead atoms. The lowest BCUT2D eigenvalue weighted by Gasteiger charge is -2.19. The Hall–Kier alpha value is -2.83. The number of carboxylic acids is 1. The number of nitrogens with one attached hydrogen (secondary N) is 1. The molecular weight excluding hydrogens is 350 g/mol. The number of carbonyl (C=O) groups is 2. The fourth-order valence-corrected chi connectivity index (χ4v) is 2.71. The molecular formula is C20H25NO6. The molecule has 1 aromatic carbocycles. The number of rotatable bonds is 8. The van der Waals surface area contributed by atoms with Gasteiger partial charge in [-0.25, -0.2) is 9.59 Å². The zero-order valence-electron chi connectivity index (χ0n) is 16.0. The van der Waals surface area contributed by atoms with E-state index in [9.17, 15) is 19.5 Å². The smallest absolute Gasteiger partial charge is 0.339 e. The minimum absolute atomic E-state index is 0.358. The first-order chi connectivity index (χ1) is 12.7. The van der Waals surface area contributed by atoms with Crippen molar-refractivity contribution < 1.29 is 23.8 Å². The average Bonchev–Trinajstić information content (AvgIpc) is 2.62. The van der Waals surface area contributed by atoms with Crippen molar-refractivity contribution in [3.63, 3.8) is 0 Å². The lowest BCUT2D eigenvalue weighted by atomic mass is 10.1. The molecule has 7 nitrogen and oxygen atoms in total. The topological polar surface area (TPSA) is 106 Å². The van der Waals surface area contributed by atoms with Crippen LogP contribution in [0.5, 0.6) is 5.75 Å². The molecule has 0 spiro atoms. The molecule has 0 saturated carbocycles. The van der Waals surface area contributed by atoms with Crippen LogP contribution in [0.4, 0.5) is 0 Å². The molecule has 0 fully saturated rings. The van der Waals surface area contributed by atoms with Gasteiger partial charge in [-0.05, 0) is 44.9 Å². The number of hydrogen-bond acceptors (Lipinski definition) is 5. The van der Waals surface area contributed by atoms with Crippen molar-refractivity contribution in [3.8, 4) is 5.75 Å². The van der Waals surface area contributed by atoms with E-state index in [1.807, 2.05) is 13.8 Å². The van der Waals surface area contributed by atoms with Crippen molar-refractivity contribution in [1.29, 1.82) is 0 Å². The summed E-state index contributed by atoms with van der Waals surface area (Å²) in [5.74, 6) is -1.22. The van der Waals surface area contributed by atoms with E-state index < -0.39 is 29.6 Å². The van der Waals surface area contributed by atoms with Gasteiger partial charge in [-0.1, -0.05) is 19.8 Å². The van der Waals surface area contributed by atoms with Crippen molar-refractivity contribution in [2.24, 2.45) is 0 Å². The highest BCUT2D eigenvalue weighted by atomic mass is 16.5. The molecule has 2 aromatic rings. The first kappa shape index (κ1) is 20.5. The van der Waals surface area contributed by atoms with Crippen molar-refractivity contribution in [2.75, 3.05) is 0 Å². The SMILES string of the molecule is CCCCC(NC(=O)C(C)Oc1ccc2c(C)c(C)c(=O)oc2c1)C(=O)O. The summed E-state index contributed by atoms with van der Waals surface area (Å²) in [7, 11) is 0. The van der Waals surface area contributed by atoms with E-state index in [1.54, 1.807) is 25.1 Å². The number of ether oxygens (including phenoxy) is 1. The van der Waals surface area contributed by atoms with Gasteiger partial charge in [0.2, 0.25) is 0 Å². The Morgan fingerprint density at radius 2 is 1.96 bits per heavy atom. The Labute approximate surface area is 157 Å². The second-order valence-corrected chi connectivity index (χ2v) is 6.60. The third-order valence-corrected chi connectivity index (χ3v) is 4.57. The number of benzene rings is 1. The van der Waals surface area contributed by atoms with Gasteiger partial charge >= 0.3 is 11.6 Å². The average molecular weight is 375 g/mol. The number of aryl methyl sites for hydroxylation is 1. The standard InChI is InChI=1S/C20H25NO6/c1-5-6-7-16(19(23)24)21-18(22)13(4)26-14-8-9-15-11(2)12(3)20(25)27-17(15)10-14/h8-10,13,16H,5-7H2,1-4H3,(H,21,22)(H,23,24). The fraction of sp³-hybridized carbons (Fsp3) is 0.450. The zero-order valence-corrected chi connectivity index (χ0v) is 16.0. The van der Waals surface area contributed by atoms with Crippen LogP contribution >= 0.6 is 0 Å². The molecule has 1 amide bonds. The van der Waals surface area contributed by atoms with Gasteiger partial charge in [0.15, 0.2) is 6.10 Å². The first-order valence-electron chi connectivity index (χ1n) is 8.98. The van der Waals surface area contributed by atoms with Crippen LogP contribution in [-0.2, 0) is 9.59 Å². The molecule has 7 heteroatoms. The normalized spacial score (nSPS) is 13.2. The molecule has 1 aromatic heterocycles. The lowest BCUT2D eigenvalue weighted by molar-refractivity contribution is -0.143. The van der Waals surface area contributed by atoms with Crippen LogP contribution in [0.3, 0.4) is 0 Å². The van der Waals surface area contributed by atoms with E-state index in [0.717, 1.165) is 17.4 Å². The van der Waals surface area contributed by atoms with Gasteiger partial charge in [-0.15, -0.1) is 0 Å². The minimum Gasteiger partial charge on any atom is -0.481 e. The summed E-state index contributed by atoms with van der Waals surface area (Å²) in [6.07, 6.45) is 1.01. The maximum atomic E-state index is 12.3. The van der Waals surface area contributed by atoms with Crippen molar-refractivity contribution >= 4 is 22.8 Å². The van der Waals surface area contributed by atoms with E-state index in [-0.39, 0.29) is 0 Å². The number of carbonyl (C=O) groups excluding carboxylic acids is 1.